The number of aryl methyl sites for hydroxylation is 1. The monoisotopic (exact) mass is 438 g/mol. The number of nitrogens with one attached hydrogen (secondary N) is 1. The molecule has 1 fully saturated rings. The van der Waals surface area contributed by atoms with E-state index in [0.29, 0.717) is 45.2 Å². The molecule has 1 saturated heterocycles. The Bertz CT molecular complexity index is 1080. The average Bonchev–Trinajstić information content (AvgIpc) is 3.24. The maximum Gasteiger partial charge on any atom is 0.317 e. The van der Waals surface area contributed by atoms with Gasteiger partial charge in [-0.1, -0.05) is 12.1 Å². The second-order valence-corrected chi connectivity index (χ2v) is 7.58. The molecule has 0 saturated carbocycles. The van der Waals surface area contributed by atoms with Gasteiger partial charge in [-0.25, -0.2) is 18.9 Å². The number of rotatable bonds is 6. The van der Waals surface area contributed by atoms with Gasteiger partial charge < -0.3 is 19.9 Å². The van der Waals surface area contributed by atoms with Crippen molar-refractivity contribution in [1.82, 2.24) is 25.0 Å². The molecule has 0 aliphatic carbocycles. The van der Waals surface area contributed by atoms with E-state index in [2.05, 4.69) is 20.3 Å². The van der Waals surface area contributed by atoms with Gasteiger partial charge in [0.05, 0.1) is 6.61 Å². The molecule has 0 spiro atoms. The largest absolute Gasteiger partial charge is 0.492 e. The molecule has 0 atom stereocenters. The molecule has 0 radical (unpaired) electrons. The molecule has 9 heteroatoms. The zero-order valence-corrected chi connectivity index (χ0v) is 18.3. The first-order chi connectivity index (χ1) is 15.5. The zero-order chi connectivity index (χ0) is 22.5. The molecule has 2 aromatic carbocycles. The lowest BCUT2D eigenvalue weighted by atomic mass is 10.2. The van der Waals surface area contributed by atoms with E-state index < -0.39 is 0 Å². The number of halogens is 1. The molecule has 168 valence electrons. The van der Waals surface area contributed by atoms with Crippen LogP contribution in [0.5, 0.6) is 5.75 Å². The van der Waals surface area contributed by atoms with E-state index in [4.69, 9.17) is 4.74 Å². The van der Waals surface area contributed by atoms with Gasteiger partial charge in [0, 0.05) is 44.5 Å². The number of amides is 2. The lowest BCUT2D eigenvalue weighted by Crippen LogP contribution is -2.51. The molecule has 8 nitrogen and oxygen atoms in total. The zero-order valence-electron chi connectivity index (χ0n) is 18.3. The normalized spacial score (nSPS) is 13.8. The lowest BCUT2D eigenvalue weighted by Gasteiger charge is -2.36. The number of anilines is 1. The summed E-state index contributed by atoms with van der Waals surface area (Å²) in [7, 11) is 0. The molecule has 4 rings (SSSR count). The van der Waals surface area contributed by atoms with Crippen LogP contribution in [0.2, 0.25) is 0 Å². The van der Waals surface area contributed by atoms with E-state index in [1.165, 1.54) is 12.1 Å². The number of aromatic nitrogens is 3. The number of nitrogens with zero attached hydrogens (tertiary/aromatic N) is 5. The van der Waals surface area contributed by atoms with Crippen LogP contribution in [-0.2, 0) is 6.54 Å². The Morgan fingerprint density at radius 1 is 1.16 bits per heavy atom. The molecule has 1 aliphatic heterocycles. The van der Waals surface area contributed by atoms with Gasteiger partial charge in [0.15, 0.2) is 0 Å². The van der Waals surface area contributed by atoms with Crippen molar-refractivity contribution >= 4 is 11.7 Å². The molecule has 2 amide bonds. The molecule has 1 N–H and O–H groups in total. The van der Waals surface area contributed by atoms with Crippen molar-refractivity contribution < 1.29 is 13.9 Å². The van der Waals surface area contributed by atoms with Gasteiger partial charge in [0.1, 0.15) is 29.4 Å². The number of piperazine rings is 1. The lowest BCUT2D eigenvalue weighted by molar-refractivity contribution is 0.194. The first kappa shape index (κ1) is 21.6. The molecule has 0 bridgehead atoms. The van der Waals surface area contributed by atoms with E-state index in [1.54, 1.807) is 28.0 Å². The predicted octanol–water partition coefficient (Wildman–Crippen LogP) is 3.15. The van der Waals surface area contributed by atoms with Gasteiger partial charge in [0.25, 0.3) is 0 Å². The van der Waals surface area contributed by atoms with Crippen LogP contribution in [0.25, 0.3) is 5.69 Å². The van der Waals surface area contributed by atoms with Crippen LogP contribution in [0.4, 0.5) is 14.9 Å². The fraction of sp³-hybridized carbons (Fsp3) is 0.348. The van der Waals surface area contributed by atoms with Crippen molar-refractivity contribution in [3.05, 3.63) is 66.0 Å². The third-order valence-electron chi connectivity index (χ3n) is 5.36. The van der Waals surface area contributed by atoms with Gasteiger partial charge in [0.2, 0.25) is 0 Å². The molecular weight excluding hydrogens is 411 g/mol. The molecule has 0 unspecified atom stereocenters. The number of carbonyl (C=O) groups is 1. The van der Waals surface area contributed by atoms with E-state index in [1.807, 2.05) is 32.0 Å². The molecule has 3 aromatic rings. The van der Waals surface area contributed by atoms with Crippen molar-refractivity contribution in [2.24, 2.45) is 0 Å². The molecular formula is C23H27FN6O2. The van der Waals surface area contributed by atoms with Crippen LogP contribution in [-0.4, -0.2) is 58.5 Å². The SMILES string of the molecule is CCOc1cc(N2CCN(C(=O)NCc3cccc(F)c3)CC2)ccc1-n1cnc(C)n1. The smallest absolute Gasteiger partial charge is 0.317 e. The summed E-state index contributed by atoms with van der Waals surface area (Å²) in [6, 6.07) is 12.1. The standard InChI is InChI=1S/C23H27FN6O2/c1-3-32-22-14-20(7-8-21(22)30-16-26-17(2)27-30)28-9-11-29(12-10-28)23(31)25-15-18-5-4-6-19(24)13-18/h4-8,13-14,16H,3,9-12,15H2,1-2H3,(H,25,31). The third kappa shape index (κ3) is 4.99. The minimum absolute atomic E-state index is 0.138. The fourth-order valence-corrected chi connectivity index (χ4v) is 3.73. The topological polar surface area (TPSA) is 75.5 Å². The maximum absolute atomic E-state index is 13.3. The van der Waals surface area contributed by atoms with Crippen LogP contribution in [0.1, 0.15) is 18.3 Å². The first-order valence-electron chi connectivity index (χ1n) is 10.7. The molecule has 32 heavy (non-hydrogen) atoms. The maximum atomic E-state index is 13.3. The van der Waals surface area contributed by atoms with Crippen molar-refractivity contribution in [3.63, 3.8) is 0 Å². The average molecular weight is 439 g/mol. The van der Waals surface area contributed by atoms with Crippen molar-refractivity contribution in [2.45, 2.75) is 20.4 Å². The number of hydrogen-bond donors (Lipinski definition) is 1. The number of benzene rings is 2. The van der Waals surface area contributed by atoms with E-state index in [9.17, 15) is 9.18 Å². The number of hydrogen-bond acceptors (Lipinski definition) is 5. The third-order valence-corrected chi connectivity index (χ3v) is 5.36. The number of urea groups is 1. The summed E-state index contributed by atoms with van der Waals surface area (Å²) in [4.78, 5) is 20.7. The highest BCUT2D eigenvalue weighted by Crippen LogP contribution is 2.29. The Balaban J connectivity index is 1.37. The van der Waals surface area contributed by atoms with E-state index in [-0.39, 0.29) is 11.8 Å². The highest BCUT2D eigenvalue weighted by atomic mass is 19.1. The Labute approximate surface area is 186 Å². The predicted molar refractivity (Wildman–Crippen MR) is 120 cm³/mol. The quantitative estimate of drug-likeness (QED) is 0.640. The molecule has 1 aliphatic rings. The highest BCUT2D eigenvalue weighted by molar-refractivity contribution is 5.74. The minimum atomic E-state index is -0.304. The fourth-order valence-electron chi connectivity index (χ4n) is 3.73. The van der Waals surface area contributed by atoms with Gasteiger partial charge in [-0.05, 0) is 43.7 Å². The van der Waals surface area contributed by atoms with Gasteiger partial charge in [-0.2, -0.15) is 5.10 Å². The number of ether oxygens (including phenoxy) is 1. The van der Waals surface area contributed by atoms with Crippen molar-refractivity contribution in [3.8, 4) is 11.4 Å². The first-order valence-corrected chi connectivity index (χ1v) is 10.7. The van der Waals surface area contributed by atoms with Crippen molar-refractivity contribution in [2.75, 3.05) is 37.7 Å². The van der Waals surface area contributed by atoms with Gasteiger partial charge in [-0.3, -0.25) is 0 Å². The molecule has 2 heterocycles. The summed E-state index contributed by atoms with van der Waals surface area (Å²) in [5.41, 5.74) is 2.61. The van der Waals surface area contributed by atoms with E-state index in [0.717, 1.165) is 22.7 Å². The summed E-state index contributed by atoms with van der Waals surface area (Å²) < 4.78 is 20.9. The summed E-state index contributed by atoms with van der Waals surface area (Å²) in [6.45, 7) is 7.26. The van der Waals surface area contributed by atoms with Crippen LogP contribution >= 0.6 is 0 Å². The van der Waals surface area contributed by atoms with Crippen LogP contribution in [0, 0.1) is 12.7 Å². The Kier molecular flexibility index (Phi) is 6.53. The van der Waals surface area contributed by atoms with Gasteiger partial charge in [-0.15, -0.1) is 0 Å². The Hall–Kier alpha value is -3.62. The van der Waals surface area contributed by atoms with E-state index >= 15 is 0 Å². The highest BCUT2D eigenvalue weighted by Gasteiger charge is 2.22. The summed E-state index contributed by atoms with van der Waals surface area (Å²) in [6.07, 6.45) is 1.67. The Morgan fingerprint density at radius 2 is 1.97 bits per heavy atom. The van der Waals surface area contributed by atoms with Crippen LogP contribution in [0.15, 0.2) is 48.8 Å². The second kappa shape index (κ2) is 9.67. The van der Waals surface area contributed by atoms with Gasteiger partial charge >= 0.3 is 6.03 Å². The van der Waals surface area contributed by atoms with Crippen LogP contribution in [0.3, 0.4) is 0 Å². The van der Waals surface area contributed by atoms with Crippen LogP contribution < -0.4 is 15.0 Å². The summed E-state index contributed by atoms with van der Waals surface area (Å²) in [5, 5.41) is 7.25. The van der Waals surface area contributed by atoms with Crippen molar-refractivity contribution in [1.29, 1.82) is 0 Å². The summed E-state index contributed by atoms with van der Waals surface area (Å²) >= 11 is 0. The summed E-state index contributed by atoms with van der Waals surface area (Å²) in [5.74, 6) is 1.13. The minimum Gasteiger partial charge on any atom is -0.492 e. The second-order valence-electron chi connectivity index (χ2n) is 7.58. The molecule has 1 aromatic heterocycles. The number of carbonyl (C=O) groups excluding carboxylic acids is 1. The Morgan fingerprint density at radius 3 is 2.66 bits per heavy atom.